The highest BCUT2D eigenvalue weighted by Gasteiger charge is 2.20. The molecule has 0 aliphatic heterocycles. The van der Waals surface area contributed by atoms with Crippen molar-refractivity contribution in [2.45, 2.75) is 6.92 Å². The molecule has 0 heterocycles. The van der Waals surface area contributed by atoms with E-state index in [1.165, 1.54) is 15.9 Å². The summed E-state index contributed by atoms with van der Waals surface area (Å²) >= 11 is 0. The number of ether oxygens (including phenoxy) is 1. The molecule has 0 spiro atoms. The van der Waals surface area contributed by atoms with Crippen molar-refractivity contribution < 1.29 is 4.74 Å². The van der Waals surface area contributed by atoms with E-state index >= 15 is 0 Å². The van der Waals surface area contributed by atoms with Gasteiger partial charge in [0.2, 0.25) is 0 Å². The van der Waals surface area contributed by atoms with Crippen molar-refractivity contribution in [2.24, 2.45) is 0 Å². The van der Waals surface area contributed by atoms with Gasteiger partial charge in [-0.15, -0.1) is 0 Å². The molecule has 24 heavy (non-hydrogen) atoms. The fraction of sp³-hybridized carbons (Fsp3) is 0.0455. The SMILES string of the molecule is C=C=C(C)Oc1ccccc1P(c1ccccc1)c1ccccc1. The number of rotatable bonds is 5. The van der Waals surface area contributed by atoms with Gasteiger partial charge < -0.3 is 4.74 Å². The predicted molar refractivity (Wildman–Crippen MR) is 104 cm³/mol. The molecule has 3 rings (SSSR count). The summed E-state index contributed by atoms with van der Waals surface area (Å²) in [5.41, 5.74) is 2.81. The van der Waals surface area contributed by atoms with Gasteiger partial charge in [0.15, 0.2) is 0 Å². The standard InChI is InChI=1S/C22H19OP/c1-3-18(2)23-21-16-10-11-17-22(21)24(19-12-6-4-7-13-19)20-14-8-5-9-15-20/h4-17H,1H2,2H3. The highest BCUT2D eigenvalue weighted by Crippen LogP contribution is 2.36. The van der Waals surface area contributed by atoms with Gasteiger partial charge in [0.05, 0.1) is 0 Å². The second-order valence-corrected chi connectivity index (χ2v) is 7.49. The Morgan fingerprint density at radius 2 is 1.29 bits per heavy atom. The van der Waals surface area contributed by atoms with Crippen molar-refractivity contribution in [1.29, 1.82) is 0 Å². The van der Waals surface area contributed by atoms with Crippen LogP contribution in [-0.4, -0.2) is 0 Å². The Morgan fingerprint density at radius 3 is 1.83 bits per heavy atom. The van der Waals surface area contributed by atoms with Crippen molar-refractivity contribution in [1.82, 2.24) is 0 Å². The summed E-state index contributed by atoms with van der Waals surface area (Å²) in [6.07, 6.45) is 0. The molecule has 0 aliphatic carbocycles. The molecule has 2 heteroatoms. The van der Waals surface area contributed by atoms with Gasteiger partial charge >= 0.3 is 0 Å². The van der Waals surface area contributed by atoms with Gasteiger partial charge in [-0.05, 0) is 24.6 Å². The van der Waals surface area contributed by atoms with E-state index < -0.39 is 7.92 Å². The summed E-state index contributed by atoms with van der Waals surface area (Å²) in [6.45, 7) is 5.54. The highest BCUT2D eigenvalue weighted by molar-refractivity contribution is 7.80. The third-order valence-electron chi connectivity index (χ3n) is 3.65. The zero-order valence-electron chi connectivity index (χ0n) is 13.6. The lowest BCUT2D eigenvalue weighted by Crippen LogP contribution is -2.21. The van der Waals surface area contributed by atoms with Crippen LogP contribution in [0.3, 0.4) is 0 Å². The highest BCUT2D eigenvalue weighted by atomic mass is 31.1. The quantitative estimate of drug-likeness (QED) is 0.380. The topological polar surface area (TPSA) is 9.23 Å². The van der Waals surface area contributed by atoms with Crippen LogP contribution >= 0.6 is 7.92 Å². The average molecular weight is 330 g/mol. The van der Waals surface area contributed by atoms with Gasteiger partial charge in [-0.2, -0.15) is 0 Å². The second-order valence-electron chi connectivity index (χ2n) is 5.31. The van der Waals surface area contributed by atoms with Gasteiger partial charge in [0, 0.05) is 12.2 Å². The lowest BCUT2D eigenvalue weighted by Gasteiger charge is -2.21. The van der Waals surface area contributed by atoms with Gasteiger partial charge in [0.25, 0.3) is 0 Å². The average Bonchev–Trinajstić information content (AvgIpc) is 2.65. The monoisotopic (exact) mass is 330 g/mol. The number of hydrogen-bond acceptors (Lipinski definition) is 1. The number of allylic oxidation sites excluding steroid dienone is 1. The molecule has 0 bridgehead atoms. The van der Waals surface area contributed by atoms with E-state index in [-0.39, 0.29) is 0 Å². The maximum atomic E-state index is 5.98. The maximum Gasteiger partial charge on any atom is 0.142 e. The first kappa shape index (κ1) is 16.3. The van der Waals surface area contributed by atoms with Crippen LogP contribution in [0.25, 0.3) is 0 Å². The third-order valence-corrected chi connectivity index (χ3v) is 6.13. The van der Waals surface area contributed by atoms with E-state index in [4.69, 9.17) is 4.74 Å². The Bertz CT molecular complexity index is 810. The van der Waals surface area contributed by atoms with Crippen LogP contribution in [0.2, 0.25) is 0 Å². The normalized spacial score (nSPS) is 10.2. The molecule has 0 saturated heterocycles. The lowest BCUT2D eigenvalue weighted by atomic mass is 10.3. The van der Waals surface area contributed by atoms with Crippen LogP contribution < -0.4 is 20.7 Å². The van der Waals surface area contributed by atoms with E-state index in [0.29, 0.717) is 5.76 Å². The van der Waals surface area contributed by atoms with Crippen LogP contribution in [0, 0.1) is 0 Å². The van der Waals surface area contributed by atoms with Crippen LogP contribution in [-0.2, 0) is 0 Å². The minimum Gasteiger partial charge on any atom is -0.453 e. The van der Waals surface area contributed by atoms with Gasteiger partial charge in [-0.3, -0.25) is 0 Å². The largest absolute Gasteiger partial charge is 0.453 e. The fourth-order valence-electron chi connectivity index (χ4n) is 2.51. The van der Waals surface area contributed by atoms with Crippen LogP contribution in [0.15, 0.2) is 103 Å². The van der Waals surface area contributed by atoms with E-state index in [2.05, 4.69) is 85.1 Å². The first-order valence-electron chi connectivity index (χ1n) is 7.83. The summed E-state index contributed by atoms with van der Waals surface area (Å²) in [5, 5.41) is 3.80. The molecule has 0 unspecified atom stereocenters. The predicted octanol–water partition coefficient (Wildman–Crippen LogP) is 4.51. The van der Waals surface area contributed by atoms with Gasteiger partial charge in [-0.25, -0.2) is 0 Å². The third kappa shape index (κ3) is 3.66. The van der Waals surface area contributed by atoms with Gasteiger partial charge in [0.1, 0.15) is 11.5 Å². The summed E-state index contributed by atoms with van der Waals surface area (Å²) in [6, 6.07) is 29.4. The van der Waals surface area contributed by atoms with Crippen LogP contribution in [0.4, 0.5) is 0 Å². The molecule has 0 N–H and O–H groups in total. The zero-order valence-corrected chi connectivity index (χ0v) is 14.5. The molecule has 0 aliphatic rings. The Balaban J connectivity index is 2.15. The Kier molecular flexibility index (Phi) is 5.29. The molecule has 0 aromatic heterocycles. The summed E-state index contributed by atoms with van der Waals surface area (Å²) < 4.78 is 5.98. The summed E-state index contributed by atoms with van der Waals surface area (Å²) in [7, 11) is -0.689. The molecular weight excluding hydrogens is 311 g/mol. The molecule has 0 saturated carbocycles. The zero-order chi connectivity index (χ0) is 16.8. The molecule has 3 aromatic carbocycles. The van der Waals surface area contributed by atoms with Crippen molar-refractivity contribution in [2.75, 3.05) is 0 Å². The van der Waals surface area contributed by atoms with Crippen molar-refractivity contribution >= 4 is 23.8 Å². The van der Waals surface area contributed by atoms with Crippen LogP contribution in [0.1, 0.15) is 6.92 Å². The van der Waals surface area contributed by atoms with E-state index in [1.807, 2.05) is 19.1 Å². The van der Waals surface area contributed by atoms with E-state index in [9.17, 15) is 0 Å². The van der Waals surface area contributed by atoms with Crippen LogP contribution in [0.5, 0.6) is 5.75 Å². The second kappa shape index (κ2) is 7.79. The Labute approximate surface area is 144 Å². The Hall–Kier alpha value is -2.59. The smallest absolute Gasteiger partial charge is 0.142 e. The first-order valence-corrected chi connectivity index (χ1v) is 9.17. The van der Waals surface area contributed by atoms with E-state index in [0.717, 1.165) is 5.75 Å². The summed E-state index contributed by atoms with van der Waals surface area (Å²) in [4.78, 5) is 0. The van der Waals surface area contributed by atoms with Crippen molar-refractivity contribution in [3.8, 4) is 5.75 Å². The number of hydrogen-bond donors (Lipinski definition) is 0. The lowest BCUT2D eigenvalue weighted by molar-refractivity contribution is 0.433. The molecular formula is C22H19OP. The molecule has 118 valence electrons. The molecule has 0 radical (unpaired) electrons. The molecule has 0 fully saturated rings. The Morgan fingerprint density at radius 1 is 0.792 bits per heavy atom. The minimum atomic E-state index is -0.689. The summed E-state index contributed by atoms with van der Waals surface area (Å²) in [5.74, 6) is 1.54. The van der Waals surface area contributed by atoms with Crippen molar-refractivity contribution in [3.05, 3.63) is 103 Å². The maximum absolute atomic E-state index is 5.98. The number of benzene rings is 3. The van der Waals surface area contributed by atoms with Crippen molar-refractivity contribution in [3.63, 3.8) is 0 Å². The molecule has 1 nitrogen and oxygen atoms in total. The molecule has 0 atom stereocenters. The molecule has 3 aromatic rings. The van der Waals surface area contributed by atoms with Gasteiger partial charge in [-0.1, -0.05) is 91.2 Å². The minimum absolute atomic E-state index is 0.679. The number of para-hydroxylation sites is 1. The fourth-order valence-corrected chi connectivity index (χ4v) is 4.88. The van der Waals surface area contributed by atoms with E-state index in [1.54, 1.807) is 0 Å². The first-order chi connectivity index (χ1) is 11.8. The molecule has 0 amide bonds.